The second kappa shape index (κ2) is 25.1. The molecular weight excluding hydrogens is 481 g/mol. The third kappa shape index (κ3) is 24.2. The second-order valence-corrected chi connectivity index (χ2v) is 9.82. The van der Waals surface area contributed by atoms with Crippen molar-refractivity contribution >= 4 is 13.8 Å². The second-order valence-electron chi connectivity index (χ2n) is 8.37. The Bertz CT molecular complexity index is 692. The summed E-state index contributed by atoms with van der Waals surface area (Å²) in [5, 5.41) is 9.26. The number of phosphoric ester groups is 1. The van der Waals surface area contributed by atoms with Crippen LogP contribution in [0.25, 0.3) is 0 Å². The van der Waals surface area contributed by atoms with E-state index in [1.54, 1.807) is 0 Å². The number of ether oxygens (including phenoxy) is 1. The minimum absolute atomic E-state index is 0.0595. The summed E-state index contributed by atoms with van der Waals surface area (Å²) in [6, 6.07) is 0. The number of unbranched alkanes of at least 4 members (excludes halogenated alkanes) is 6. The topological polar surface area (TPSA) is 128 Å². The highest BCUT2D eigenvalue weighted by Crippen LogP contribution is 2.42. The number of allylic oxidation sites excluding steroid dienone is 8. The van der Waals surface area contributed by atoms with Crippen LogP contribution in [0.15, 0.2) is 48.6 Å². The lowest BCUT2D eigenvalue weighted by molar-refractivity contribution is -0.153. The number of aliphatic hydroxyl groups excluding tert-OH is 1. The summed E-state index contributed by atoms with van der Waals surface area (Å²) in [6.45, 7) is 1.17. The van der Waals surface area contributed by atoms with Gasteiger partial charge in [-0.05, 0) is 38.5 Å². The number of nitrogens with two attached hydrogens (primary N) is 1. The fourth-order valence-electron chi connectivity index (χ4n) is 3.04. The fourth-order valence-corrected chi connectivity index (χ4v) is 3.81. The van der Waals surface area contributed by atoms with Crippen molar-refractivity contribution in [3.63, 3.8) is 0 Å². The molecule has 0 spiro atoms. The van der Waals surface area contributed by atoms with Gasteiger partial charge in [0.15, 0.2) is 0 Å². The predicted octanol–water partition coefficient (Wildman–Crippen LogP) is 5.91. The highest BCUT2D eigenvalue weighted by atomic mass is 31.2. The Morgan fingerprint density at radius 3 is 2.00 bits per heavy atom. The summed E-state index contributed by atoms with van der Waals surface area (Å²) in [6.07, 6.45) is 28.3. The summed E-state index contributed by atoms with van der Waals surface area (Å²) in [5.41, 5.74) is 5.19. The third-order valence-corrected chi connectivity index (χ3v) is 6.00. The molecule has 0 saturated heterocycles. The minimum Gasteiger partial charge on any atom is -0.457 e. The lowest BCUT2D eigenvalue weighted by atomic mass is 10.1. The van der Waals surface area contributed by atoms with Crippen molar-refractivity contribution < 1.29 is 33.1 Å². The van der Waals surface area contributed by atoms with Gasteiger partial charge >= 0.3 is 13.8 Å². The number of carbonyl (C=O) groups excluding carboxylic acids is 1. The van der Waals surface area contributed by atoms with Crippen LogP contribution in [0.5, 0.6) is 0 Å². The smallest absolute Gasteiger partial charge is 0.457 e. The van der Waals surface area contributed by atoms with Gasteiger partial charge in [0.2, 0.25) is 0 Å². The standard InChI is InChI=1S/C27H48NO7P/c1-2-3-4-5-6-7-8-9-10-11-12-13-14-15-16-17-18-19-20-21-27(30)35-26(24-29)25-34-36(31,32)33-23-22-28/h9-10,12-13,15-16,18-19,26,29H,2-8,11,14,17,20-25,28H2,1H3,(H,31,32). The average Bonchev–Trinajstić information content (AvgIpc) is 2.86. The molecule has 0 aromatic rings. The Kier molecular flexibility index (Phi) is 24.0. The summed E-state index contributed by atoms with van der Waals surface area (Å²) in [5.74, 6) is -0.528. The van der Waals surface area contributed by atoms with Crippen LogP contribution in [0, 0.1) is 0 Å². The molecule has 4 N–H and O–H groups in total. The number of esters is 1. The molecule has 0 amide bonds. The van der Waals surface area contributed by atoms with Crippen molar-refractivity contribution in [1.29, 1.82) is 0 Å². The van der Waals surface area contributed by atoms with E-state index in [0.717, 1.165) is 19.3 Å². The van der Waals surface area contributed by atoms with Gasteiger partial charge in [0, 0.05) is 13.0 Å². The first-order valence-corrected chi connectivity index (χ1v) is 14.7. The first-order chi connectivity index (χ1) is 17.4. The number of phosphoric acid groups is 1. The van der Waals surface area contributed by atoms with E-state index in [4.69, 9.17) is 15.0 Å². The maximum atomic E-state index is 11.9. The van der Waals surface area contributed by atoms with E-state index in [-0.39, 0.29) is 19.6 Å². The molecule has 36 heavy (non-hydrogen) atoms. The normalized spacial score (nSPS) is 14.9. The minimum atomic E-state index is -4.28. The first kappa shape index (κ1) is 34.5. The molecule has 0 aromatic carbocycles. The van der Waals surface area contributed by atoms with Crippen LogP contribution in [-0.2, 0) is 23.1 Å². The molecule has 0 heterocycles. The molecule has 8 nitrogen and oxygen atoms in total. The zero-order valence-corrected chi connectivity index (χ0v) is 22.9. The van der Waals surface area contributed by atoms with Gasteiger partial charge in [0.25, 0.3) is 0 Å². The third-order valence-electron chi connectivity index (χ3n) is 5.02. The predicted molar refractivity (Wildman–Crippen MR) is 145 cm³/mol. The van der Waals surface area contributed by atoms with Crippen molar-refractivity contribution in [1.82, 2.24) is 0 Å². The van der Waals surface area contributed by atoms with Gasteiger partial charge in [-0.1, -0.05) is 87.6 Å². The van der Waals surface area contributed by atoms with Crippen molar-refractivity contribution in [2.24, 2.45) is 5.73 Å². The molecule has 2 atom stereocenters. The molecular formula is C27H48NO7P. The molecule has 0 radical (unpaired) electrons. The SMILES string of the molecule is CCCCCCCCC=CCC=CCC=CCC=CCCC(=O)OC(CO)COP(=O)(O)OCCN. The van der Waals surface area contributed by atoms with Crippen LogP contribution in [0.1, 0.15) is 84.0 Å². The van der Waals surface area contributed by atoms with Crippen molar-refractivity contribution in [3.8, 4) is 0 Å². The largest absolute Gasteiger partial charge is 0.472 e. The van der Waals surface area contributed by atoms with Crippen LogP contribution < -0.4 is 5.73 Å². The Balaban J connectivity index is 3.80. The van der Waals surface area contributed by atoms with Gasteiger partial charge in [-0.3, -0.25) is 13.8 Å². The first-order valence-electron chi connectivity index (χ1n) is 13.2. The Morgan fingerprint density at radius 2 is 1.42 bits per heavy atom. The molecule has 0 fully saturated rings. The quantitative estimate of drug-likeness (QED) is 0.0609. The molecule has 2 unspecified atom stereocenters. The average molecular weight is 530 g/mol. The van der Waals surface area contributed by atoms with Crippen molar-refractivity contribution in [2.75, 3.05) is 26.4 Å². The summed E-state index contributed by atoms with van der Waals surface area (Å²) in [7, 11) is -4.28. The number of rotatable bonds is 24. The molecule has 9 heteroatoms. The molecule has 208 valence electrons. The summed E-state index contributed by atoms with van der Waals surface area (Å²) >= 11 is 0. The van der Waals surface area contributed by atoms with Crippen molar-refractivity contribution in [3.05, 3.63) is 48.6 Å². The Morgan fingerprint density at radius 1 is 0.861 bits per heavy atom. The summed E-state index contributed by atoms with van der Waals surface area (Å²) < 4.78 is 25.9. The van der Waals surface area contributed by atoms with Gasteiger partial charge in [0.1, 0.15) is 6.10 Å². The van der Waals surface area contributed by atoms with Gasteiger partial charge in [-0.25, -0.2) is 4.57 Å². The number of hydrogen-bond donors (Lipinski definition) is 3. The van der Waals surface area contributed by atoms with Crippen LogP contribution in [-0.4, -0.2) is 48.4 Å². The molecule has 0 bridgehead atoms. The monoisotopic (exact) mass is 529 g/mol. The highest BCUT2D eigenvalue weighted by Gasteiger charge is 2.24. The van der Waals surface area contributed by atoms with Crippen LogP contribution in [0.3, 0.4) is 0 Å². The van der Waals surface area contributed by atoms with E-state index in [2.05, 4.69) is 47.9 Å². The lowest BCUT2D eigenvalue weighted by Crippen LogP contribution is -2.27. The zero-order chi connectivity index (χ0) is 26.7. The maximum Gasteiger partial charge on any atom is 0.472 e. The van der Waals surface area contributed by atoms with E-state index in [1.165, 1.54) is 44.9 Å². The van der Waals surface area contributed by atoms with Gasteiger partial charge in [0.05, 0.1) is 19.8 Å². The van der Waals surface area contributed by atoms with Crippen LogP contribution >= 0.6 is 7.82 Å². The highest BCUT2D eigenvalue weighted by molar-refractivity contribution is 7.47. The molecule has 0 saturated carbocycles. The maximum absolute atomic E-state index is 11.9. The van der Waals surface area contributed by atoms with E-state index in [0.29, 0.717) is 6.42 Å². The summed E-state index contributed by atoms with van der Waals surface area (Å²) in [4.78, 5) is 21.3. The van der Waals surface area contributed by atoms with Gasteiger partial charge < -0.3 is 20.5 Å². The van der Waals surface area contributed by atoms with E-state index in [1.807, 2.05) is 12.2 Å². The van der Waals surface area contributed by atoms with Crippen LogP contribution in [0.4, 0.5) is 0 Å². The number of carbonyl (C=O) groups is 1. The van der Waals surface area contributed by atoms with E-state index < -0.39 is 33.1 Å². The molecule has 0 aliphatic heterocycles. The fraction of sp³-hybridized carbons (Fsp3) is 0.667. The Hall–Kier alpha value is -1.54. The molecule has 0 aliphatic carbocycles. The van der Waals surface area contributed by atoms with E-state index in [9.17, 15) is 19.4 Å². The Labute approximate surface area is 217 Å². The van der Waals surface area contributed by atoms with Crippen LogP contribution in [0.2, 0.25) is 0 Å². The number of hydrogen-bond acceptors (Lipinski definition) is 7. The number of aliphatic hydroxyl groups is 1. The zero-order valence-electron chi connectivity index (χ0n) is 22.0. The van der Waals surface area contributed by atoms with Crippen molar-refractivity contribution in [2.45, 2.75) is 90.1 Å². The van der Waals surface area contributed by atoms with Gasteiger partial charge in [-0.2, -0.15) is 0 Å². The molecule has 0 aliphatic rings. The molecule has 0 rings (SSSR count). The van der Waals surface area contributed by atoms with E-state index >= 15 is 0 Å². The molecule has 0 aromatic heterocycles. The van der Waals surface area contributed by atoms with Gasteiger partial charge in [-0.15, -0.1) is 0 Å². The lowest BCUT2D eigenvalue weighted by Gasteiger charge is -2.17.